The van der Waals surface area contributed by atoms with Gasteiger partial charge in [0.2, 0.25) is 0 Å². The van der Waals surface area contributed by atoms with Gasteiger partial charge in [-0.25, -0.2) is 4.39 Å². The van der Waals surface area contributed by atoms with Gasteiger partial charge < -0.3 is 13.9 Å². The predicted octanol–water partition coefficient (Wildman–Crippen LogP) is 3.50. The van der Waals surface area contributed by atoms with Crippen LogP contribution in [0.2, 0.25) is 0 Å². The van der Waals surface area contributed by atoms with Crippen LogP contribution in [-0.2, 0) is 0 Å². The van der Waals surface area contributed by atoms with Crippen molar-refractivity contribution in [1.82, 2.24) is 0 Å². The van der Waals surface area contributed by atoms with Crippen molar-refractivity contribution >= 4 is 8.60 Å². The topological polar surface area (TPSA) is 38.7 Å². The van der Waals surface area contributed by atoms with Gasteiger partial charge in [0.1, 0.15) is 17.3 Å². The number of para-hydroxylation sites is 1. The molecule has 3 nitrogen and oxygen atoms in total. The van der Waals surface area contributed by atoms with Gasteiger partial charge in [-0.05, 0) is 36.4 Å². The molecule has 0 aliphatic heterocycles. The first kappa shape index (κ1) is 11.8. The standard InChI is InChI=1S/C12H10FO3P/c13-10-6-8-12(9-7-10)16-17(14)15-11-4-2-1-3-5-11/h1-9,14H. The molecule has 0 heterocycles. The molecule has 2 rings (SSSR count). The van der Waals surface area contributed by atoms with Gasteiger partial charge in [0.15, 0.2) is 0 Å². The van der Waals surface area contributed by atoms with Crippen LogP contribution in [0.25, 0.3) is 0 Å². The van der Waals surface area contributed by atoms with Gasteiger partial charge in [0, 0.05) is 0 Å². The molecule has 0 saturated heterocycles. The van der Waals surface area contributed by atoms with Crippen molar-refractivity contribution < 1.29 is 18.3 Å². The molecular weight excluding hydrogens is 242 g/mol. The molecule has 0 bridgehead atoms. The van der Waals surface area contributed by atoms with Gasteiger partial charge in [-0.2, -0.15) is 0 Å². The van der Waals surface area contributed by atoms with Gasteiger partial charge in [0.25, 0.3) is 0 Å². The zero-order valence-electron chi connectivity index (χ0n) is 8.79. The number of rotatable bonds is 4. The second kappa shape index (κ2) is 5.62. The first-order valence-electron chi connectivity index (χ1n) is 4.89. The molecule has 0 aromatic heterocycles. The SMILES string of the molecule is OP(Oc1ccccc1)Oc1ccc(F)cc1. The first-order chi connectivity index (χ1) is 8.24. The highest BCUT2D eigenvalue weighted by atomic mass is 31.2. The van der Waals surface area contributed by atoms with Crippen molar-refractivity contribution in [2.45, 2.75) is 0 Å². The number of hydrogen-bond acceptors (Lipinski definition) is 3. The summed E-state index contributed by atoms with van der Waals surface area (Å²) in [4.78, 5) is 9.55. The Morgan fingerprint density at radius 2 is 1.35 bits per heavy atom. The lowest BCUT2D eigenvalue weighted by Gasteiger charge is -2.11. The average Bonchev–Trinajstić information content (AvgIpc) is 2.33. The Bertz CT molecular complexity index is 461. The predicted molar refractivity (Wildman–Crippen MR) is 63.2 cm³/mol. The van der Waals surface area contributed by atoms with Gasteiger partial charge in [-0.15, -0.1) is 0 Å². The molecule has 0 spiro atoms. The molecule has 0 saturated carbocycles. The summed E-state index contributed by atoms with van der Waals surface area (Å²) in [6, 6.07) is 14.2. The van der Waals surface area contributed by atoms with E-state index < -0.39 is 8.60 Å². The maximum absolute atomic E-state index is 12.6. The highest BCUT2D eigenvalue weighted by molar-refractivity contribution is 7.41. The largest absolute Gasteiger partial charge is 0.460 e. The van der Waals surface area contributed by atoms with Crippen molar-refractivity contribution in [1.29, 1.82) is 0 Å². The third kappa shape index (κ3) is 3.70. The number of hydrogen-bond donors (Lipinski definition) is 1. The third-order valence-corrected chi connectivity index (χ3v) is 2.66. The molecule has 88 valence electrons. The van der Waals surface area contributed by atoms with Gasteiger partial charge in [-0.1, -0.05) is 18.2 Å². The van der Waals surface area contributed by atoms with E-state index in [9.17, 15) is 9.28 Å². The molecule has 5 heteroatoms. The fraction of sp³-hybridized carbons (Fsp3) is 0. The van der Waals surface area contributed by atoms with Crippen LogP contribution < -0.4 is 9.05 Å². The van der Waals surface area contributed by atoms with Crippen molar-refractivity contribution in [3.63, 3.8) is 0 Å². The molecule has 1 N–H and O–H groups in total. The number of benzene rings is 2. The Kier molecular flexibility index (Phi) is 3.91. The fourth-order valence-corrected chi connectivity index (χ4v) is 1.82. The summed E-state index contributed by atoms with van der Waals surface area (Å²) in [6.45, 7) is 0. The molecule has 1 atom stereocenters. The Balaban J connectivity index is 1.93. The molecule has 2 aromatic carbocycles. The molecule has 17 heavy (non-hydrogen) atoms. The van der Waals surface area contributed by atoms with E-state index in [4.69, 9.17) is 9.05 Å². The van der Waals surface area contributed by atoms with Gasteiger partial charge in [0.05, 0.1) is 0 Å². The molecule has 1 unspecified atom stereocenters. The monoisotopic (exact) mass is 252 g/mol. The second-order valence-electron chi connectivity index (χ2n) is 3.19. The Morgan fingerprint density at radius 3 is 1.94 bits per heavy atom. The Labute approximate surface area is 99.4 Å². The van der Waals surface area contributed by atoms with Crippen molar-refractivity contribution in [2.75, 3.05) is 0 Å². The summed E-state index contributed by atoms with van der Waals surface area (Å²) >= 11 is 0. The summed E-state index contributed by atoms with van der Waals surface area (Å²) < 4.78 is 22.9. The van der Waals surface area contributed by atoms with Crippen LogP contribution in [0, 0.1) is 5.82 Å². The molecule has 0 radical (unpaired) electrons. The highest BCUT2D eigenvalue weighted by Crippen LogP contribution is 2.36. The van der Waals surface area contributed by atoms with E-state index >= 15 is 0 Å². The summed E-state index contributed by atoms with van der Waals surface area (Å²) in [5, 5.41) is 0. The van der Waals surface area contributed by atoms with Crippen LogP contribution in [0.3, 0.4) is 0 Å². The van der Waals surface area contributed by atoms with Crippen LogP contribution >= 0.6 is 8.60 Å². The minimum atomic E-state index is -2.07. The van der Waals surface area contributed by atoms with E-state index in [0.29, 0.717) is 11.5 Å². The summed E-state index contributed by atoms with van der Waals surface area (Å²) in [6.07, 6.45) is 0. The maximum atomic E-state index is 12.6. The maximum Gasteiger partial charge on any atom is 0.460 e. The lowest BCUT2D eigenvalue weighted by Crippen LogP contribution is -1.94. The smallest absolute Gasteiger partial charge is 0.418 e. The van der Waals surface area contributed by atoms with E-state index in [-0.39, 0.29) is 5.82 Å². The second-order valence-corrected chi connectivity index (χ2v) is 4.03. The molecule has 0 amide bonds. The average molecular weight is 252 g/mol. The molecule has 0 aliphatic rings. The summed E-state index contributed by atoms with van der Waals surface area (Å²) in [5.74, 6) is 0.516. The fourth-order valence-electron chi connectivity index (χ4n) is 1.18. The van der Waals surface area contributed by atoms with Crippen LogP contribution in [0.1, 0.15) is 0 Å². The zero-order chi connectivity index (χ0) is 12.1. The minimum Gasteiger partial charge on any atom is -0.418 e. The molecular formula is C12H10FO3P. The lowest BCUT2D eigenvalue weighted by molar-refractivity contribution is 0.381. The first-order valence-corrected chi connectivity index (χ1v) is 6.02. The van der Waals surface area contributed by atoms with Crippen LogP contribution in [-0.4, -0.2) is 4.89 Å². The minimum absolute atomic E-state index is 0.357. The molecule has 0 fully saturated rings. The van der Waals surface area contributed by atoms with Crippen LogP contribution in [0.4, 0.5) is 4.39 Å². The van der Waals surface area contributed by atoms with Crippen molar-refractivity contribution in [3.05, 3.63) is 60.4 Å². The highest BCUT2D eigenvalue weighted by Gasteiger charge is 2.10. The van der Waals surface area contributed by atoms with Gasteiger partial charge in [-0.3, -0.25) is 0 Å². The van der Waals surface area contributed by atoms with Crippen LogP contribution in [0.5, 0.6) is 11.5 Å². The number of halogens is 1. The third-order valence-electron chi connectivity index (χ3n) is 1.92. The van der Waals surface area contributed by atoms with Crippen molar-refractivity contribution in [3.8, 4) is 11.5 Å². The molecule has 2 aromatic rings. The van der Waals surface area contributed by atoms with E-state index in [0.717, 1.165) is 0 Å². The van der Waals surface area contributed by atoms with Crippen LogP contribution in [0.15, 0.2) is 54.6 Å². The van der Waals surface area contributed by atoms with Crippen molar-refractivity contribution in [2.24, 2.45) is 0 Å². The van der Waals surface area contributed by atoms with Gasteiger partial charge >= 0.3 is 8.60 Å². The van der Waals surface area contributed by atoms with E-state index in [1.54, 1.807) is 24.3 Å². The lowest BCUT2D eigenvalue weighted by atomic mass is 10.3. The van der Waals surface area contributed by atoms with E-state index in [2.05, 4.69) is 0 Å². The summed E-state index contributed by atoms with van der Waals surface area (Å²) in [7, 11) is -2.07. The summed E-state index contributed by atoms with van der Waals surface area (Å²) in [5.41, 5.74) is 0. The zero-order valence-corrected chi connectivity index (χ0v) is 9.68. The van der Waals surface area contributed by atoms with E-state index in [1.165, 1.54) is 24.3 Å². The Hall–Kier alpha value is -1.64. The Morgan fingerprint density at radius 1 is 0.824 bits per heavy atom. The molecule has 0 aliphatic carbocycles. The van der Waals surface area contributed by atoms with E-state index in [1.807, 2.05) is 6.07 Å². The quantitative estimate of drug-likeness (QED) is 0.846. The normalized spacial score (nSPS) is 11.9.